The highest BCUT2D eigenvalue weighted by atomic mass is 16.5. The van der Waals surface area contributed by atoms with Crippen molar-refractivity contribution in [3.8, 4) is 5.75 Å². The minimum absolute atomic E-state index is 0.0282. The summed E-state index contributed by atoms with van der Waals surface area (Å²) in [4.78, 5) is 28.0. The molecule has 2 aromatic rings. The van der Waals surface area contributed by atoms with Gasteiger partial charge in [0.05, 0.1) is 6.61 Å². The molecule has 1 fully saturated rings. The fourth-order valence-corrected chi connectivity index (χ4v) is 3.21. The molecule has 0 bridgehead atoms. The normalized spacial score (nSPS) is 14.4. The number of hydrogen-bond donors (Lipinski definition) is 0. The van der Waals surface area contributed by atoms with E-state index >= 15 is 0 Å². The number of piperazine rings is 1. The van der Waals surface area contributed by atoms with E-state index in [9.17, 15) is 9.59 Å². The van der Waals surface area contributed by atoms with Crippen LogP contribution in [-0.2, 0) is 4.79 Å². The van der Waals surface area contributed by atoms with Crippen LogP contribution in [0.15, 0.2) is 54.6 Å². The monoisotopic (exact) mass is 378 g/mol. The molecular formula is C23H26N2O3. The van der Waals surface area contributed by atoms with Crippen LogP contribution in [0.1, 0.15) is 29.8 Å². The average Bonchev–Trinajstić information content (AvgIpc) is 2.73. The van der Waals surface area contributed by atoms with Gasteiger partial charge in [0.25, 0.3) is 0 Å². The number of anilines is 1. The molecule has 1 saturated heterocycles. The van der Waals surface area contributed by atoms with E-state index in [1.807, 2.05) is 66.4 Å². The van der Waals surface area contributed by atoms with E-state index in [4.69, 9.17) is 4.74 Å². The SMILES string of the molecule is CCOc1ccc(/C=C/C(=O)N2CCN(c3ccc(C(C)=O)cc3)CC2)cc1. The molecule has 28 heavy (non-hydrogen) atoms. The van der Waals surface area contributed by atoms with Crippen molar-refractivity contribution in [2.45, 2.75) is 13.8 Å². The molecule has 146 valence electrons. The van der Waals surface area contributed by atoms with Gasteiger partial charge in [-0.1, -0.05) is 12.1 Å². The second-order valence-corrected chi connectivity index (χ2v) is 6.75. The number of nitrogens with zero attached hydrogens (tertiary/aromatic N) is 2. The Morgan fingerprint density at radius 1 is 0.964 bits per heavy atom. The van der Waals surface area contributed by atoms with Gasteiger partial charge in [-0.05, 0) is 61.9 Å². The highest BCUT2D eigenvalue weighted by Gasteiger charge is 2.19. The molecule has 1 aliphatic heterocycles. The molecular weight excluding hydrogens is 352 g/mol. The molecule has 0 aliphatic carbocycles. The van der Waals surface area contributed by atoms with Crippen molar-refractivity contribution in [3.63, 3.8) is 0 Å². The quantitative estimate of drug-likeness (QED) is 0.569. The van der Waals surface area contributed by atoms with Crippen molar-refractivity contribution in [2.24, 2.45) is 0 Å². The number of carbonyl (C=O) groups is 2. The predicted molar refractivity (Wildman–Crippen MR) is 112 cm³/mol. The van der Waals surface area contributed by atoms with Crippen molar-refractivity contribution in [2.75, 3.05) is 37.7 Å². The van der Waals surface area contributed by atoms with Gasteiger partial charge < -0.3 is 14.5 Å². The van der Waals surface area contributed by atoms with Crippen LogP contribution in [0.4, 0.5) is 5.69 Å². The largest absolute Gasteiger partial charge is 0.494 e. The van der Waals surface area contributed by atoms with E-state index in [1.165, 1.54) is 0 Å². The van der Waals surface area contributed by atoms with Crippen molar-refractivity contribution in [3.05, 3.63) is 65.7 Å². The second kappa shape index (κ2) is 9.22. The summed E-state index contributed by atoms with van der Waals surface area (Å²) < 4.78 is 5.43. The van der Waals surface area contributed by atoms with Crippen LogP contribution in [0, 0.1) is 0 Å². The third kappa shape index (κ3) is 5.00. The molecule has 0 spiro atoms. The molecule has 0 N–H and O–H groups in total. The zero-order valence-corrected chi connectivity index (χ0v) is 16.4. The third-order valence-electron chi connectivity index (χ3n) is 4.84. The smallest absolute Gasteiger partial charge is 0.246 e. The summed E-state index contributed by atoms with van der Waals surface area (Å²) in [5.41, 5.74) is 2.78. The molecule has 2 aromatic carbocycles. The van der Waals surface area contributed by atoms with E-state index < -0.39 is 0 Å². The van der Waals surface area contributed by atoms with Crippen molar-refractivity contribution in [1.29, 1.82) is 0 Å². The number of ketones is 1. The Hall–Kier alpha value is -3.08. The molecule has 0 saturated carbocycles. The maximum absolute atomic E-state index is 12.5. The summed E-state index contributed by atoms with van der Waals surface area (Å²) in [5, 5.41) is 0. The van der Waals surface area contributed by atoms with Gasteiger partial charge in [-0.15, -0.1) is 0 Å². The van der Waals surface area contributed by atoms with Crippen LogP contribution >= 0.6 is 0 Å². The van der Waals surface area contributed by atoms with Gasteiger partial charge in [-0.3, -0.25) is 9.59 Å². The number of ether oxygens (including phenoxy) is 1. The summed E-state index contributed by atoms with van der Waals surface area (Å²) in [6.07, 6.45) is 3.47. The van der Waals surface area contributed by atoms with Gasteiger partial charge in [0.1, 0.15) is 5.75 Å². The maximum atomic E-state index is 12.5. The summed E-state index contributed by atoms with van der Waals surface area (Å²) in [6, 6.07) is 15.4. The minimum Gasteiger partial charge on any atom is -0.494 e. The molecule has 0 atom stereocenters. The number of rotatable bonds is 6. The highest BCUT2D eigenvalue weighted by Crippen LogP contribution is 2.18. The van der Waals surface area contributed by atoms with E-state index in [0.29, 0.717) is 19.7 Å². The predicted octanol–water partition coefficient (Wildman–Crippen LogP) is 3.65. The van der Waals surface area contributed by atoms with E-state index in [-0.39, 0.29) is 11.7 Å². The molecule has 0 unspecified atom stereocenters. The molecule has 5 heteroatoms. The first-order chi connectivity index (χ1) is 13.6. The van der Waals surface area contributed by atoms with Crippen LogP contribution < -0.4 is 9.64 Å². The second-order valence-electron chi connectivity index (χ2n) is 6.75. The summed E-state index contributed by atoms with van der Waals surface area (Å²) >= 11 is 0. The maximum Gasteiger partial charge on any atom is 0.246 e. The third-order valence-corrected chi connectivity index (χ3v) is 4.84. The number of amides is 1. The Morgan fingerprint density at radius 3 is 2.18 bits per heavy atom. The lowest BCUT2D eigenvalue weighted by Crippen LogP contribution is -2.48. The molecule has 3 rings (SSSR count). The zero-order valence-electron chi connectivity index (χ0n) is 16.4. The molecule has 5 nitrogen and oxygen atoms in total. The number of carbonyl (C=O) groups excluding carboxylic acids is 2. The van der Waals surface area contributed by atoms with Crippen molar-refractivity contribution >= 4 is 23.5 Å². The van der Waals surface area contributed by atoms with Gasteiger partial charge in [0.2, 0.25) is 5.91 Å². The minimum atomic E-state index is 0.0282. The molecule has 1 amide bonds. The zero-order chi connectivity index (χ0) is 19.9. The van der Waals surface area contributed by atoms with Gasteiger partial charge >= 0.3 is 0 Å². The Balaban J connectivity index is 1.52. The van der Waals surface area contributed by atoms with Crippen LogP contribution in [0.3, 0.4) is 0 Å². The van der Waals surface area contributed by atoms with Gasteiger partial charge in [0, 0.05) is 43.5 Å². The summed E-state index contributed by atoms with van der Waals surface area (Å²) in [7, 11) is 0. The van der Waals surface area contributed by atoms with Crippen LogP contribution in [0.2, 0.25) is 0 Å². The van der Waals surface area contributed by atoms with Crippen molar-refractivity contribution < 1.29 is 14.3 Å². The van der Waals surface area contributed by atoms with E-state index in [2.05, 4.69) is 4.90 Å². The first-order valence-corrected chi connectivity index (χ1v) is 9.62. The Bertz CT molecular complexity index is 833. The van der Waals surface area contributed by atoms with Gasteiger partial charge in [0.15, 0.2) is 5.78 Å². The average molecular weight is 378 g/mol. The lowest BCUT2D eigenvalue weighted by Gasteiger charge is -2.35. The first kappa shape index (κ1) is 19.7. The van der Waals surface area contributed by atoms with Gasteiger partial charge in [-0.2, -0.15) is 0 Å². The number of benzene rings is 2. The lowest BCUT2D eigenvalue weighted by molar-refractivity contribution is -0.126. The Morgan fingerprint density at radius 2 is 1.61 bits per heavy atom. The first-order valence-electron chi connectivity index (χ1n) is 9.62. The number of hydrogen-bond acceptors (Lipinski definition) is 4. The van der Waals surface area contributed by atoms with Gasteiger partial charge in [-0.25, -0.2) is 0 Å². The molecule has 1 aliphatic rings. The van der Waals surface area contributed by atoms with E-state index in [0.717, 1.165) is 35.7 Å². The summed E-state index contributed by atoms with van der Waals surface area (Å²) in [5.74, 6) is 0.931. The van der Waals surface area contributed by atoms with Crippen LogP contribution in [0.25, 0.3) is 6.08 Å². The highest BCUT2D eigenvalue weighted by molar-refractivity contribution is 5.94. The van der Waals surface area contributed by atoms with E-state index in [1.54, 1.807) is 13.0 Å². The fourth-order valence-electron chi connectivity index (χ4n) is 3.21. The standard InChI is InChI=1S/C23H26N2O3/c1-3-28-22-11-4-19(5-12-22)6-13-23(27)25-16-14-24(15-17-25)21-9-7-20(8-10-21)18(2)26/h4-13H,3,14-17H2,1-2H3/b13-6+. The Kier molecular flexibility index (Phi) is 6.48. The Labute approximate surface area is 166 Å². The van der Waals surface area contributed by atoms with Crippen LogP contribution in [-0.4, -0.2) is 49.4 Å². The lowest BCUT2D eigenvalue weighted by atomic mass is 10.1. The number of Topliss-reactive ketones (excluding diaryl/α,β-unsaturated/α-hetero) is 1. The van der Waals surface area contributed by atoms with Crippen LogP contribution in [0.5, 0.6) is 5.75 Å². The molecule has 1 heterocycles. The molecule has 0 radical (unpaired) electrons. The summed E-state index contributed by atoms with van der Waals surface area (Å²) in [6.45, 7) is 7.08. The topological polar surface area (TPSA) is 49.9 Å². The molecule has 0 aromatic heterocycles. The fraction of sp³-hybridized carbons (Fsp3) is 0.304. The van der Waals surface area contributed by atoms with Crippen molar-refractivity contribution in [1.82, 2.24) is 4.90 Å².